The van der Waals surface area contributed by atoms with Crippen molar-refractivity contribution in [1.29, 1.82) is 0 Å². The summed E-state index contributed by atoms with van der Waals surface area (Å²) in [7, 11) is -2.36. The lowest BCUT2D eigenvalue weighted by Gasteiger charge is -1.99. The smallest absolute Gasteiger partial charge is 0.246 e. The van der Waals surface area contributed by atoms with Gasteiger partial charge in [0.05, 0.1) is 0 Å². The minimum absolute atomic E-state index is 0.0872. The highest BCUT2D eigenvalue weighted by molar-refractivity contribution is 8.17. The molecule has 5 nitrogen and oxygen atoms in total. The van der Waals surface area contributed by atoms with E-state index in [2.05, 4.69) is 8.75 Å². The Hall–Kier alpha value is -0.660. The minimum atomic E-state index is -4.15. The Morgan fingerprint density at radius 1 is 1.36 bits per heavy atom. The van der Waals surface area contributed by atoms with E-state index in [0.717, 1.165) is 6.26 Å². The summed E-state index contributed by atoms with van der Waals surface area (Å²) in [6, 6.07) is 4.63. The molecule has 1 aromatic heterocycles. The van der Waals surface area contributed by atoms with E-state index in [1.165, 1.54) is 12.3 Å². The molecule has 0 saturated heterocycles. The monoisotopic (exact) mass is 254 g/mol. The molecule has 14 heavy (non-hydrogen) atoms. The number of hydrogen-bond acceptors (Lipinski definition) is 4. The van der Waals surface area contributed by atoms with Crippen LogP contribution < -0.4 is 0 Å². The second-order valence-corrected chi connectivity index (χ2v) is 7.07. The Kier molecular flexibility index (Phi) is 3.13. The van der Waals surface area contributed by atoms with Crippen LogP contribution in [0.25, 0.3) is 0 Å². The van der Waals surface area contributed by atoms with Crippen LogP contribution in [0.3, 0.4) is 0 Å². The fourth-order valence-corrected chi connectivity index (χ4v) is 4.00. The van der Waals surface area contributed by atoms with Gasteiger partial charge in [0.15, 0.2) is 0 Å². The molecule has 1 heterocycles. The first-order chi connectivity index (χ1) is 6.31. The number of pyridine rings is 1. The van der Waals surface area contributed by atoms with Crippen LogP contribution in [0.15, 0.2) is 33.2 Å². The standard InChI is InChI=1S/C6H7ClN2O3S2/c1-13(10,9-14(7,11)12)6-4-2-3-5-8-6/h2-5H,1H3/t13-/m1/s1. The van der Waals surface area contributed by atoms with Crippen LogP contribution in [0.1, 0.15) is 0 Å². The van der Waals surface area contributed by atoms with Crippen molar-refractivity contribution in [3.63, 3.8) is 0 Å². The van der Waals surface area contributed by atoms with Crippen LogP contribution in [0.5, 0.6) is 0 Å². The molecule has 0 fully saturated rings. The van der Waals surface area contributed by atoms with E-state index in [4.69, 9.17) is 10.7 Å². The molecular formula is C6H7ClN2O3S2. The number of halogens is 1. The highest BCUT2D eigenvalue weighted by Crippen LogP contribution is 2.11. The third-order valence-electron chi connectivity index (χ3n) is 1.26. The molecule has 0 aliphatic carbocycles. The third-order valence-corrected chi connectivity index (χ3v) is 4.63. The number of aromatic nitrogens is 1. The van der Waals surface area contributed by atoms with Gasteiger partial charge in [-0.2, -0.15) is 8.42 Å². The molecule has 0 aliphatic rings. The summed E-state index contributed by atoms with van der Waals surface area (Å²) >= 11 is 0. The molecule has 0 radical (unpaired) electrons. The van der Waals surface area contributed by atoms with E-state index in [0.29, 0.717) is 0 Å². The van der Waals surface area contributed by atoms with Gasteiger partial charge in [0.1, 0.15) is 14.8 Å². The molecule has 0 aromatic carbocycles. The molecule has 0 saturated carbocycles. The Morgan fingerprint density at radius 2 is 2.00 bits per heavy atom. The molecule has 78 valence electrons. The minimum Gasteiger partial charge on any atom is -0.246 e. The van der Waals surface area contributed by atoms with E-state index < -0.39 is 19.0 Å². The summed E-state index contributed by atoms with van der Waals surface area (Å²) in [6.07, 6.45) is 2.56. The maximum atomic E-state index is 11.7. The van der Waals surface area contributed by atoms with Crippen LogP contribution in [0.4, 0.5) is 0 Å². The van der Waals surface area contributed by atoms with Crippen LogP contribution in [-0.2, 0) is 19.0 Å². The van der Waals surface area contributed by atoms with E-state index in [-0.39, 0.29) is 5.03 Å². The number of rotatable bonds is 2. The topological polar surface area (TPSA) is 76.5 Å². The lowest BCUT2D eigenvalue weighted by Crippen LogP contribution is -2.02. The van der Waals surface area contributed by atoms with Gasteiger partial charge >= 0.3 is 9.24 Å². The summed E-state index contributed by atoms with van der Waals surface area (Å²) in [5, 5.41) is 0.0872. The lowest BCUT2D eigenvalue weighted by molar-refractivity contribution is 0.611. The zero-order valence-corrected chi connectivity index (χ0v) is 9.51. The van der Waals surface area contributed by atoms with E-state index >= 15 is 0 Å². The van der Waals surface area contributed by atoms with E-state index in [1.54, 1.807) is 12.1 Å². The molecule has 0 aliphatic heterocycles. The van der Waals surface area contributed by atoms with Gasteiger partial charge in [0.2, 0.25) is 0 Å². The third kappa shape index (κ3) is 3.24. The normalized spacial score (nSPS) is 15.9. The molecule has 0 amide bonds. The predicted molar refractivity (Wildman–Crippen MR) is 53.8 cm³/mol. The van der Waals surface area contributed by atoms with Crippen molar-refractivity contribution in [2.45, 2.75) is 5.03 Å². The van der Waals surface area contributed by atoms with Crippen molar-refractivity contribution >= 4 is 29.6 Å². The summed E-state index contributed by atoms with van der Waals surface area (Å²) in [5.74, 6) is 0. The van der Waals surface area contributed by atoms with Crippen molar-refractivity contribution < 1.29 is 12.6 Å². The van der Waals surface area contributed by atoms with Crippen molar-refractivity contribution in [1.82, 2.24) is 4.98 Å². The Morgan fingerprint density at radius 3 is 2.43 bits per heavy atom. The predicted octanol–water partition coefficient (Wildman–Crippen LogP) is 1.02. The Balaban J connectivity index is 3.37. The number of hydrogen-bond donors (Lipinski definition) is 0. The quantitative estimate of drug-likeness (QED) is 0.739. The van der Waals surface area contributed by atoms with Crippen LogP contribution in [0.2, 0.25) is 0 Å². The van der Waals surface area contributed by atoms with Gasteiger partial charge < -0.3 is 0 Å². The van der Waals surface area contributed by atoms with E-state index in [1.807, 2.05) is 0 Å². The van der Waals surface area contributed by atoms with E-state index in [9.17, 15) is 12.6 Å². The van der Waals surface area contributed by atoms with Gasteiger partial charge in [0.25, 0.3) is 0 Å². The first kappa shape index (κ1) is 11.4. The van der Waals surface area contributed by atoms with Gasteiger partial charge in [0, 0.05) is 23.1 Å². The first-order valence-electron chi connectivity index (χ1n) is 3.40. The van der Waals surface area contributed by atoms with Crippen molar-refractivity contribution in [3.05, 3.63) is 24.4 Å². The zero-order chi connectivity index (χ0) is 10.8. The number of nitrogens with zero attached hydrogens (tertiary/aromatic N) is 2. The van der Waals surface area contributed by atoms with Crippen molar-refractivity contribution in [2.24, 2.45) is 3.77 Å². The largest absolute Gasteiger partial charge is 0.347 e. The second-order valence-electron chi connectivity index (χ2n) is 2.46. The fraction of sp³-hybridized carbons (Fsp3) is 0.167. The first-order valence-corrected chi connectivity index (χ1v) is 7.59. The van der Waals surface area contributed by atoms with Gasteiger partial charge in [-0.15, -0.1) is 0 Å². The highest BCUT2D eigenvalue weighted by Gasteiger charge is 2.12. The average molecular weight is 255 g/mol. The van der Waals surface area contributed by atoms with Crippen LogP contribution in [-0.4, -0.2) is 23.9 Å². The molecule has 8 heteroatoms. The maximum Gasteiger partial charge on any atom is 0.347 e. The van der Waals surface area contributed by atoms with Gasteiger partial charge in [-0.3, -0.25) is 0 Å². The van der Waals surface area contributed by atoms with Crippen LogP contribution >= 0.6 is 10.7 Å². The maximum absolute atomic E-state index is 11.7. The SMILES string of the molecule is C[S@](=O)(=NS(=O)(=O)Cl)c1ccccn1. The summed E-state index contributed by atoms with van der Waals surface area (Å²) in [6.45, 7) is 0. The Labute approximate surface area is 86.9 Å². The van der Waals surface area contributed by atoms with Crippen LogP contribution in [0, 0.1) is 0 Å². The average Bonchev–Trinajstić information content (AvgIpc) is 2.01. The molecule has 1 atom stereocenters. The highest BCUT2D eigenvalue weighted by atomic mass is 35.7. The molecule has 0 N–H and O–H groups in total. The lowest BCUT2D eigenvalue weighted by atomic mass is 10.5. The summed E-state index contributed by atoms with van der Waals surface area (Å²) in [5.41, 5.74) is 0. The second kappa shape index (κ2) is 3.84. The Bertz CT molecular complexity index is 531. The van der Waals surface area contributed by atoms with Crippen molar-refractivity contribution in [2.75, 3.05) is 6.26 Å². The molecule has 1 rings (SSSR count). The van der Waals surface area contributed by atoms with Gasteiger partial charge in [-0.05, 0) is 12.1 Å². The zero-order valence-electron chi connectivity index (χ0n) is 7.12. The molecule has 0 bridgehead atoms. The van der Waals surface area contributed by atoms with Crippen molar-refractivity contribution in [3.8, 4) is 0 Å². The summed E-state index contributed by atoms with van der Waals surface area (Å²) in [4.78, 5) is 3.74. The molecule has 0 unspecified atom stereocenters. The molecular weight excluding hydrogens is 248 g/mol. The van der Waals surface area contributed by atoms with Gasteiger partial charge in [-0.1, -0.05) is 9.83 Å². The fourth-order valence-electron chi connectivity index (χ4n) is 0.779. The van der Waals surface area contributed by atoms with Gasteiger partial charge in [-0.25, -0.2) is 9.19 Å². The molecule has 1 aromatic rings. The summed E-state index contributed by atoms with van der Waals surface area (Å²) < 4.78 is 35.9. The molecule has 0 spiro atoms.